The lowest BCUT2D eigenvalue weighted by Crippen LogP contribution is -2.43. The Balaban J connectivity index is 1.60. The molecule has 0 aromatic heterocycles. The molecule has 29 heavy (non-hydrogen) atoms. The van der Waals surface area contributed by atoms with Crippen molar-refractivity contribution >= 4 is 33.4 Å². The monoisotopic (exact) mass is 458 g/mol. The normalized spacial score (nSPS) is 15.0. The van der Waals surface area contributed by atoms with Crippen LogP contribution in [0.1, 0.15) is 43.2 Å². The highest BCUT2D eigenvalue weighted by Gasteiger charge is 2.42. The molecule has 1 fully saturated rings. The Hall–Kier alpha value is -2.34. The van der Waals surface area contributed by atoms with Gasteiger partial charge in [0, 0.05) is 23.1 Å². The number of methoxy groups -OCH3 is 1. The van der Waals surface area contributed by atoms with Gasteiger partial charge in [0.15, 0.2) is 0 Å². The molecule has 6 heteroatoms. The number of halogens is 1. The predicted octanol–water partition coefficient (Wildman–Crippen LogP) is 4.72. The van der Waals surface area contributed by atoms with Crippen molar-refractivity contribution in [2.24, 2.45) is 0 Å². The number of anilines is 1. The number of hydrogen-bond donors (Lipinski definition) is 2. The van der Waals surface area contributed by atoms with E-state index in [0.29, 0.717) is 6.54 Å². The maximum atomic E-state index is 13.1. The molecule has 2 aromatic carbocycles. The molecule has 1 saturated carbocycles. The van der Waals surface area contributed by atoms with E-state index < -0.39 is 5.41 Å². The molecule has 1 aliphatic carbocycles. The second-order valence-corrected chi connectivity index (χ2v) is 8.45. The van der Waals surface area contributed by atoms with Crippen LogP contribution < -0.4 is 15.4 Å². The molecule has 0 aliphatic heterocycles. The highest BCUT2D eigenvalue weighted by molar-refractivity contribution is 9.10. The zero-order chi connectivity index (χ0) is 20.9. The van der Waals surface area contributed by atoms with Gasteiger partial charge in [-0.05, 0) is 61.2 Å². The first-order valence-electron chi connectivity index (χ1n) is 9.93. The summed E-state index contributed by atoms with van der Waals surface area (Å²) < 4.78 is 6.31. The van der Waals surface area contributed by atoms with E-state index in [1.807, 2.05) is 49.4 Å². The van der Waals surface area contributed by atoms with Crippen molar-refractivity contribution in [2.45, 2.75) is 44.4 Å². The van der Waals surface area contributed by atoms with Crippen molar-refractivity contribution in [1.82, 2.24) is 5.32 Å². The molecule has 0 spiro atoms. The highest BCUT2D eigenvalue weighted by Crippen LogP contribution is 2.42. The van der Waals surface area contributed by atoms with Crippen molar-refractivity contribution < 1.29 is 14.3 Å². The standard InChI is InChI=1S/C23H27BrN2O3/c1-16-14-18(24)8-9-20(16)26-21(27)10-13-25-22(28)23(11-3-4-12-23)17-6-5-7-19(15-17)29-2/h5-9,14-15H,3-4,10-13H2,1-2H3,(H,25,28)(H,26,27). The van der Waals surface area contributed by atoms with Gasteiger partial charge in [0.1, 0.15) is 5.75 Å². The number of carbonyl (C=O) groups is 2. The van der Waals surface area contributed by atoms with E-state index in [1.54, 1.807) is 7.11 Å². The number of hydrogen-bond acceptors (Lipinski definition) is 3. The zero-order valence-corrected chi connectivity index (χ0v) is 18.5. The Morgan fingerprint density at radius 3 is 2.59 bits per heavy atom. The molecule has 5 nitrogen and oxygen atoms in total. The van der Waals surface area contributed by atoms with Gasteiger partial charge in [-0.2, -0.15) is 0 Å². The lowest BCUT2D eigenvalue weighted by molar-refractivity contribution is -0.126. The molecule has 1 aliphatic rings. The number of benzene rings is 2. The largest absolute Gasteiger partial charge is 0.497 e. The molecule has 154 valence electrons. The van der Waals surface area contributed by atoms with Crippen molar-refractivity contribution in [3.8, 4) is 5.75 Å². The first kappa shape index (κ1) is 21.4. The predicted molar refractivity (Wildman–Crippen MR) is 118 cm³/mol. The van der Waals surface area contributed by atoms with E-state index in [-0.39, 0.29) is 18.2 Å². The van der Waals surface area contributed by atoms with Crippen LogP contribution in [0, 0.1) is 6.92 Å². The molecular weight excluding hydrogens is 432 g/mol. The summed E-state index contributed by atoms with van der Waals surface area (Å²) in [5.41, 5.74) is 2.22. The van der Waals surface area contributed by atoms with E-state index in [2.05, 4.69) is 26.6 Å². The number of ether oxygens (including phenoxy) is 1. The summed E-state index contributed by atoms with van der Waals surface area (Å²) >= 11 is 3.42. The maximum absolute atomic E-state index is 13.1. The van der Waals surface area contributed by atoms with Gasteiger partial charge >= 0.3 is 0 Å². The van der Waals surface area contributed by atoms with Gasteiger partial charge < -0.3 is 15.4 Å². The fraction of sp³-hybridized carbons (Fsp3) is 0.391. The van der Waals surface area contributed by atoms with Crippen molar-refractivity contribution in [3.63, 3.8) is 0 Å². The second kappa shape index (κ2) is 9.44. The summed E-state index contributed by atoms with van der Waals surface area (Å²) in [5, 5.41) is 5.90. The first-order chi connectivity index (χ1) is 13.9. The molecule has 0 radical (unpaired) electrons. The molecule has 2 aromatic rings. The number of carbonyl (C=O) groups excluding carboxylic acids is 2. The molecule has 3 rings (SSSR count). The smallest absolute Gasteiger partial charge is 0.230 e. The van der Waals surface area contributed by atoms with Crippen molar-refractivity contribution in [1.29, 1.82) is 0 Å². The van der Waals surface area contributed by atoms with Crippen LogP contribution >= 0.6 is 15.9 Å². The van der Waals surface area contributed by atoms with Crippen LogP contribution in [0.15, 0.2) is 46.9 Å². The van der Waals surface area contributed by atoms with Crippen LogP contribution in [0.3, 0.4) is 0 Å². The summed E-state index contributed by atoms with van der Waals surface area (Å²) in [7, 11) is 1.63. The average Bonchev–Trinajstić information content (AvgIpc) is 3.21. The zero-order valence-electron chi connectivity index (χ0n) is 16.9. The third kappa shape index (κ3) is 4.99. The molecule has 2 N–H and O–H groups in total. The minimum absolute atomic E-state index is 0.00382. The third-order valence-electron chi connectivity index (χ3n) is 5.61. The van der Waals surface area contributed by atoms with Crippen LogP contribution in [0.4, 0.5) is 5.69 Å². The van der Waals surface area contributed by atoms with Crippen LogP contribution in [-0.4, -0.2) is 25.5 Å². The second-order valence-electron chi connectivity index (χ2n) is 7.53. The summed E-state index contributed by atoms with van der Waals surface area (Å²) in [5.74, 6) is 0.638. The summed E-state index contributed by atoms with van der Waals surface area (Å²) in [4.78, 5) is 25.4. The molecular formula is C23H27BrN2O3. The van der Waals surface area contributed by atoms with Crippen LogP contribution in [0.2, 0.25) is 0 Å². The van der Waals surface area contributed by atoms with E-state index in [1.165, 1.54) is 0 Å². The van der Waals surface area contributed by atoms with Gasteiger partial charge in [-0.1, -0.05) is 40.9 Å². The van der Waals surface area contributed by atoms with Gasteiger partial charge in [0.25, 0.3) is 0 Å². The van der Waals surface area contributed by atoms with Crippen LogP contribution in [-0.2, 0) is 15.0 Å². The fourth-order valence-corrected chi connectivity index (χ4v) is 4.46. The SMILES string of the molecule is COc1cccc(C2(C(=O)NCCC(=O)Nc3ccc(Br)cc3C)CCCC2)c1. The topological polar surface area (TPSA) is 67.4 Å². The Kier molecular flexibility index (Phi) is 6.96. The third-order valence-corrected chi connectivity index (χ3v) is 6.11. The number of aryl methyl sites for hydroxylation is 1. The molecule has 0 bridgehead atoms. The van der Waals surface area contributed by atoms with Gasteiger partial charge in [0.2, 0.25) is 11.8 Å². The van der Waals surface area contributed by atoms with E-state index in [0.717, 1.165) is 52.7 Å². The van der Waals surface area contributed by atoms with E-state index in [4.69, 9.17) is 4.74 Å². The van der Waals surface area contributed by atoms with Crippen molar-refractivity contribution in [2.75, 3.05) is 19.0 Å². The Labute approximate surface area is 180 Å². The van der Waals surface area contributed by atoms with Gasteiger partial charge in [-0.15, -0.1) is 0 Å². The van der Waals surface area contributed by atoms with Gasteiger partial charge in [-0.3, -0.25) is 9.59 Å². The Morgan fingerprint density at radius 2 is 1.90 bits per heavy atom. The van der Waals surface area contributed by atoms with Crippen molar-refractivity contribution in [3.05, 3.63) is 58.1 Å². The van der Waals surface area contributed by atoms with Crippen LogP contribution in [0.25, 0.3) is 0 Å². The molecule has 0 unspecified atom stereocenters. The molecule has 0 heterocycles. The van der Waals surface area contributed by atoms with E-state index in [9.17, 15) is 9.59 Å². The summed E-state index contributed by atoms with van der Waals surface area (Å²) in [6.45, 7) is 2.26. The first-order valence-corrected chi connectivity index (χ1v) is 10.7. The quantitative estimate of drug-likeness (QED) is 0.630. The van der Waals surface area contributed by atoms with E-state index >= 15 is 0 Å². The molecule has 2 amide bonds. The lowest BCUT2D eigenvalue weighted by Gasteiger charge is -2.28. The summed E-state index contributed by atoms with van der Waals surface area (Å²) in [6, 6.07) is 13.5. The van der Waals surface area contributed by atoms with Gasteiger partial charge in [0.05, 0.1) is 12.5 Å². The average molecular weight is 459 g/mol. The van der Waals surface area contributed by atoms with Crippen LogP contribution in [0.5, 0.6) is 5.75 Å². The highest BCUT2D eigenvalue weighted by atomic mass is 79.9. The number of nitrogens with one attached hydrogen (secondary N) is 2. The van der Waals surface area contributed by atoms with Gasteiger partial charge in [-0.25, -0.2) is 0 Å². The fourth-order valence-electron chi connectivity index (χ4n) is 3.98. The minimum Gasteiger partial charge on any atom is -0.497 e. The minimum atomic E-state index is -0.534. The Bertz CT molecular complexity index is 891. The molecule has 0 atom stereocenters. The number of amides is 2. The summed E-state index contributed by atoms with van der Waals surface area (Å²) in [6.07, 6.45) is 3.91. The maximum Gasteiger partial charge on any atom is 0.230 e. The lowest BCUT2D eigenvalue weighted by atomic mass is 9.78. The molecule has 0 saturated heterocycles. The number of rotatable bonds is 7. The Morgan fingerprint density at radius 1 is 1.14 bits per heavy atom.